The van der Waals surface area contributed by atoms with Crippen molar-refractivity contribution >= 4 is 17.6 Å². The number of hydrogen-bond acceptors (Lipinski definition) is 3. The Labute approximate surface area is 112 Å². The monoisotopic (exact) mass is 273 g/mol. The molecular weight excluding hydrogens is 254 g/mol. The highest BCUT2D eigenvalue weighted by Crippen LogP contribution is 2.15. The molecule has 5 nitrogen and oxygen atoms in total. The van der Waals surface area contributed by atoms with Crippen molar-refractivity contribution in [2.45, 2.75) is 51.7 Å². The van der Waals surface area contributed by atoms with E-state index in [2.05, 4.69) is 10.4 Å². The number of carboxylic acids is 1. The molecule has 1 aromatic rings. The van der Waals surface area contributed by atoms with Crippen molar-refractivity contribution in [1.29, 1.82) is 0 Å². The lowest BCUT2D eigenvalue weighted by Gasteiger charge is -2.28. The van der Waals surface area contributed by atoms with Crippen LogP contribution >= 0.6 is 11.6 Å². The zero-order chi connectivity index (χ0) is 13.8. The van der Waals surface area contributed by atoms with Gasteiger partial charge in [-0.25, -0.2) is 0 Å². The molecule has 0 saturated heterocycles. The van der Waals surface area contributed by atoms with Gasteiger partial charge in [-0.3, -0.25) is 14.8 Å². The van der Waals surface area contributed by atoms with Gasteiger partial charge in [-0.1, -0.05) is 11.6 Å². The minimum absolute atomic E-state index is 0.130. The second-order valence-corrected chi connectivity index (χ2v) is 5.40. The molecule has 1 heterocycles. The number of hydrogen-bond donors (Lipinski definition) is 2. The SMILES string of the molecule is CC(C)NC(C)(CCCn1cc(Cl)cn1)C(=O)O. The maximum Gasteiger partial charge on any atom is 0.323 e. The summed E-state index contributed by atoms with van der Waals surface area (Å²) in [5, 5.41) is 17.0. The quantitative estimate of drug-likeness (QED) is 0.799. The molecule has 0 bridgehead atoms. The van der Waals surface area contributed by atoms with E-state index in [0.29, 0.717) is 18.0 Å². The second-order valence-electron chi connectivity index (χ2n) is 4.96. The van der Waals surface area contributed by atoms with Crippen molar-refractivity contribution in [3.05, 3.63) is 17.4 Å². The van der Waals surface area contributed by atoms with E-state index in [1.165, 1.54) is 0 Å². The molecule has 6 heteroatoms. The largest absolute Gasteiger partial charge is 0.480 e. The molecular formula is C12H20ClN3O2. The van der Waals surface area contributed by atoms with Crippen molar-refractivity contribution in [2.75, 3.05) is 0 Å². The van der Waals surface area contributed by atoms with E-state index in [0.717, 1.165) is 6.42 Å². The van der Waals surface area contributed by atoms with E-state index >= 15 is 0 Å². The number of carboxylic acid groups (broad SMARTS) is 1. The third kappa shape index (κ3) is 4.31. The first-order valence-corrected chi connectivity index (χ1v) is 6.40. The standard InChI is InChI=1S/C12H20ClN3O2/c1-9(2)15-12(3,11(17)18)5-4-6-16-8-10(13)7-14-16/h7-9,15H,4-6H2,1-3H3,(H,17,18). The minimum atomic E-state index is -0.898. The normalized spacial score (nSPS) is 14.7. The van der Waals surface area contributed by atoms with Gasteiger partial charge in [0, 0.05) is 18.8 Å². The summed E-state index contributed by atoms with van der Waals surface area (Å²) in [4.78, 5) is 11.3. The number of halogens is 1. The summed E-state index contributed by atoms with van der Waals surface area (Å²) in [6.45, 7) is 6.25. The van der Waals surface area contributed by atoms with Crippen LogP contribution in [0.3, 0.4) is 0 Å². The first kappa shape index (κ1) is 15.0. The van der Waals surface area contributed by atoms with Crippen LogP contribution < -0.4 is 5.32 Å². The summed E-state index contributed by atoms with van der Waals surface area (Å²) < 4.78 is 1.72. The van der Waals surface area contributed by atoms with Gasteiger partial charge >= 0.3 is 5.97 Å². The number of carbonyl (C=O) groups is 1. The van der Waals surface area contributed by atoms with Crippen LogP contribution in [0.15, 0.2) is 12.4 Å². The topological polar surface area (TPSA) is 67.2 Å². The Morgan fingerprint density at radius 2 is 2.33 bits per heavy atom. The smallest absolute Gasteiger partial charge is 0.323 e. The molecule has 0 aromatic carbocycles. The summed E-state index contributed by atoms with van der Waals surface area (Å²) in [6, 6.07) is 0.130. The second kappa shape index (κ2) is 6.20. The fourth-order valence-corrected chi connectivity index (χ4v) is 2.09. The molecule has 0 aliphatic heterocycles. The molecule has 0 radical (unpaired) electrons. The fraction of sp³-hybridized carbons (Fsp3) is 0.667. The first-order chi connectivity index (χ1) is 8.33. The molecule has 2 N–H and O–H groups in total. The van der Waals surface area contributed by atoms with Crippen molar-refractivity contribution in [1.82, 2.24) is 15.1 Å². The zero-order valence-corrected chi connectivity index (χ0v) is 11.7. The van der Waals surface area contributed by atoms with E-state index in [1.54, 1.807) is 24.0 Å². The maximum absolute atomic E-state index is 11.3. The molecule has 1 atom stereocenters. The highest BCUT2D eigenvalue weighted by molar-refractivity contribution is 6.30. The Hall–Kier alpha value is -1.07. The van der Waals surface area contributed by atoms with E-state index in [1.807, 2.05) is 13.8 Å². The Balaban J connectivity index is 2.50. The van der Waals surface area contributed by atoms with Gasteiger partial charge in [0.05, 0.1) is 11.2 Å². The van der Waals surface area contributed by atoms with Crippen molar-refractivity contribution < 1.29 is 9.90 Å². The minimum Gasteiger partial charge on any atom is -0.480 e. The van der Waals surface area contributed by atoms with Crippen LogP contribution in [0.2, 0.25) is 5.02 Å². The number of nitrogens with one attached hydrogen (secondary N) is 1. The number of aryl methyl sites for hydroxylation is 1. The predicted octanol–water partition coefficient (Wildman–Crippen LogP) is 2.16. The van der Waals surface area contributed by atoms with Gasteiger partial charge in [0.2, 0.25) is 0 Å². The molecule has 0 amide bonds. The van der Waals surface area contributed by atoms with Crippen molar-refractivity contribution in [2.24, 2.45) is 0 Å². The first-order valence-electron chi connectivity index (χ1n) is 6.02. The van der Waals surface area contributed by atoms with Gasteiger partial charge in [-0.05, 0) is 33.6 Å². The van der Waals surface area contributed by atoms with Crippen LogP contribution in [0.5, 0.6) is 0 Å². The highest BCUT2D eigenvalue weighted by Gasteiger charge is 2.32. The summed E-state index contributed by atoms with van der Waals surface area (Å²) in [6.07, 6.45) is 4.57. The van der Waals surface area contributed by atoms with Crippen LogP contribution in [-0.2, 0) is 11.3 Å². The van der Waals surface area contributed by atoms with Crippen LogP contribution in [0, 0.1) is 0 Å². The van der Waals surface area contributed by atoms with Crippen LogP contribution in [0.1, 0.15) is 33.6 Å². The molecule has 0 fully saturated rings. The molecule has 0 spiro atoms. The Kier molecular flexibility index (Phi) is 5.16. The van der Waals surface area contributed by atoms with Crippen molar-refractivity contribution in [3.8, 4) is 0 Å². The van der Waals surface area contributed by atoms with Gasteiger partial charge in [0.15, 0.2) is 0 Å². The molecule has 0 aliphatic rings. The lowest BCUT2D eigenvalue weighted by atomic mass is 9.95. The van der Waals surface area contributed by atoms with E-state index in [-0.39, 0.29) is 6.04 Å². The molecule has 1 aromatic heterocycles. The average Bonchev–Trinajstić information content (AvgIpc) is 2.63. The summed E-state index contributed by atoms with van der Waals surface area (Å²) >= 11 is 5.76. The van der Waals surface area contributed by atoms with Crippen molar-refractivity contribution in [3.63, 3.8) is 0 Å². The fourth-order valence-electron chi connectivity index (χ4n) is 1.93. The maximum atomic E-state index is 11.3. The number of rotatable bonds is 7. The van der Waals surface area contributed by atoms with Gasteiger partial charge in [-0.2, -0.15) is 5.10 Å². The predicted molar refractivity (Wildman–Crippen MR) is 70.8 cm³/mol. The number of aliphatic carboxylic acids is 1. The average molecular weight is 274 g/mol. The number of nitrogens with zero attached hydrogens (tertiary/aromatic N) is 2. The molecule has 1 rings (SSSR count). The Morgan fingerprint density at radius 3 is 2.78 bits per heavy atom. The van der Waals surface area contributed by atoms with Gasteiger partial charge < -0.3 is 5.11 Å². The van der Waals surface area contributed by atoms with Crippen LogP contribution in [0.4, 0.5) is 0 Å². The van der Waals surface area contributed by atoms with E-state index in [4.69, 9.17) is 11.6 Å². The van der Waals surface area contributed by atoms with Gasteiger partial charge in [0.25, 0.3) is 0 Å². The van der Waals surface area contributed by atoms with Gasteiger partial charge in [0.1, 0.15) is 5.54 Å². The van der Waals surface area contributed by atoms with Gasteiger partial charge in [-0.15, -0.1) is 0 Å². The third-order valence-electron chi connectivity index (χ3n) is 2.74. The molecule has 0 aliphatic carbocycles. The highest BCUT2D eigenvalue weighted by atomic mass is 35.5. The number of aromatic nitrogens is 2. The Morgan fingerprint density at radius 1 is 1.67 bits per heavy atom. The third-order valence-corrected chi connectivity index (χ3v) is 2.94. The molecule has 18 heavy (non-hydrogen) atoms. The Bertz CT molecular complexity index is 406. The zero-order valence-electron chi connectivity index (χ0n) is 11.0. The lowest BCUT2D eigenvalue weighted by Crippen LogP contribution is -2.52. The summed E-state index contributed by atoms with van der Waals surface area (Å²) in [5.41, 5.74) is -0.898. The van der Waals surface area contributed by atoms with Crippen LogP contribution in [0.25, 0.3) is 0 Å². The van der Waals surface area contributed by atoms with E-state index in [9.17, 15) is 9.90 Å². The molecule has 102 valence electrons. The summed E-state index contributed by atoms with van der Waals surface area (Å²) in [5.74, 6) is -0.824. The van der Waals surface area contributed by atoms with Crippen LogP contribution in [-0.4, -0.2) is 32.4 Å². The molecule has 0 saturated carbocycles. The van der Waals surface area contributed by atoms with E-state index < -0.39 is 11.5 Å². The lowest BCUT2D eigenvalue weighted by molar-refractivity contribution is -0.144. The molecule has 1 unspecified atom stereocenters. The summed E-state index contributed by atoms with van der Waals surface area (Å²) in [7, 11) is 0.